The Morgan fingerprint density at radius 2 is 1.94 bits per heavy atom. The maximum Gasteiger partial charge on any atom is 0.319 e. The van der Waals surface area contributed by atoms with Gasteiger partial charge in [0, 0.05) is 23.3 Å². The number of aliphatic carboxylic acids is 1. The normalized spacial score (nSPS) is 14.8. The average molecular weight is 424 g/mol. The maximum atomic E-state index is 12.3. The molecule has 0 aliphatic heterocycles. The van der Waals surface area contributed by atoms with Crippen molar-refractivity contribution in [1.82, 2.24) is 10.3 Å². The van der Waals surface area contributed by atoms with Crippen molar-refractivity contribution in [3.8, 4) is 17.2 Å². The molecule has 1 aliphatic rings. The fourth-order valence-electron chi connectivity index (χ4n) is 3.07. The highest BCUT2D eigenvalue weighted by Crippen LogP contribution is 2.46. The van der Waals surface area contributed by atoms with Crippen molar-refractivity contribution in [2.75, 3.05) is 20.8 Å². The van der Waals surface area contributed by atoms with Gasteiger partial charge in [-0.1, -0.05) is 12.7 Å². The smallest absolute Gasteiger partial charge is 0.319 e. The number of ether oxygens (including phenoxy) is 3. The van der Waals surface area contributed by atoms with Gasteiger partial charge < -0.3 is 24.6 Å². The number of carbonyl (C=O) groups excluding carboxylic acids is 1. The predicted molar refractivity (Wildman–Crippen MR) is 115 cm³/mol. The van der Waals surface area contributed by atoms with E-state index in [9.17, 15) is 14.7 Å². The molecule has 1 aliphatic carbocycles. The van der Waals surface area contributed by atoms with Gasteiger partial charge in [-0.3, -0.25) is 14.6 Å². The Morgan fingerprint density at radius 1 is 1.23 bits per heavy atom. The van der Waals surface area contributed by atoms with Crippen molar-refractivity contribution >= 4 is 22.8 Å². The second-order valence-corrected chi connectivity index (χ2v) is 6.95. The number of nitrogens with zero attached hydrogens (tertiary/aromatic N) is 1. The fraction of sp³-hybridized carbons (Fsp3) is 0.261. The number of carboxylic acid groups (broad SMARTS) is 1. The number of pyridine rings is 1. The molecule has 0 atom stereocenters. The lowest BCUT2D eigenvalue weighted by Crippen LogP contribution is -2.36. The lowest BCUT2D eigenvalue weighted by Gasteiger charge is -2.12. The maximum absolute atomic E-state index is 12.3. The van der Waals surface area contributed by atoms with Gasteiger partial charge in [0.25, 0.3) is 0 Å². The van der Waals surface area contributed by atoms with Gasteiger partial charge in [0.15, 0.2) is 11.5 Å². The first-order chi connectivity index (χ1) is 14.9. The summed E-state index contributed by atoms with van der Waals surface area (Å²) in [5.41, 5.74) is -0.190. The van der Waals surface area contributed by atoms with Crippen LogP contribution in [0.4, 0.5) is 0 Å². The van der Waals surface area contributed by atoms with E-state index in [0.29, 0.717) is 41.3 Å². The van der Waals surface area contributed by atoms with Gasteiger partial charge in [-0.25, -0.2) is 0 Å². The first-order valence-corrected chi connectivity index (χ1v) is 9.63. The van der Waals surface area contributed by atoms with Crippen LogP contribution in [0.1, 0.15) is 12.8 Å². The van der Waals surface area contributed by atoms with E-state index < -0.39 is 17.3 Å². The van der Waals surface area contributed by atoms with Gasteiger partial charge >= 0.3 is 5.97 Å². The summed E-state index contributed by atoms with van der Waals surface area (Å²) >= 11 is 0. The van der Waals surface area contributed by atoms with E-state index >= 15 is 0 Å². The molecule has 0 saturated heterocycles. The third kappa shape index (κ3) is 4.69. The molecule has 31 heavy (non-hydrogen) atoms. The Bertz CT molecular complexity index is 1070. The minimum atomic E-state index is -1.32. The number of rotatable bonds is 10. The lowest BCUT2D eigenvalue weighted by atomic mass is 10.1. The van der Waals surface area contributed by atoms with E-state index in [1.54, 1.807) is 56.8 Å². The number of carboxylic acids is 1. The molecular formula is C23H24N2O6. The average Bonchev–Trinajstić information content (AvgIpc) is 3.58. The van der Waals surface area contributed by atoms with Crippen molar-refractivity contribution in [1.29, 1.82) is 0 Å². The third-order valence-corrected chi connectivity index (χ3v) is 4.99. The molecule has 1 aromatic carbocycles. The van der Waals surface area contributed by atoms with Crippen molar-refractivity contribution < 1.29 is 28.9 Å². The van der Waals surface area contributed by atoms with Gasteiger partial charge in [0.1, 0.15) is 17.8 Å². The molecule has 1 aromatic heterocycles. The quantitative estimate of drug-likeness (QED) is 0.445. The van der Waals surface area contributed by atoms with E-state index in [-0.39, 0.29) is 6.61 Å². The molecule has 1 fully saturated rings. The van der Waals surface area contributed by atoms with Crippen molar-refractivity contribution in [2.45, 2.75) is 12.8 Å². The molecule has 8 heteroatoms. The molecular weight excluding hydrogens is 400 g/mol. The number of nitrogens with one attached hydrogen (secondary N) is 1. The van der Waals surface area contributed by atoms with Crippen molar-refractivity contribution in [3.05, 3.63) is 61.0 Å². The topological polar surface area (TPSA) is 107 Å². The van der Waals surface area contributed by atoms with Gasteiger partial charge in [-0.05, 0) is 43.2 Å². The molecule has 3 rings (SSSR count). The first-order valence-electron chi connectivity index (χ1n) is 9.63. The summed E-state index contributed by atoms with van der Waals surface area (Å²) in [6, 6.07) is 5.31. The molecule has 2 N–H and O–H groups in total. The van der Waals surface area contributed by atoms with Crippen molar-refractivity contribution in [2.24, 2.45) is 5.41 Å². The van der Waals surface area contributed by atoms with Crippen molar-refractivity contribution in [3.63, 3.8) is 0 Å². The molecule has 8 nitrogen and oxygen atoms in total. The van der Waals surface area contributed by atoms with Crippen LogP contribution in [-0.4, -0.2) is 42.8 Å². The summed E-state index contributed by atoms with van der Waals surface area (Å²) in [6.45, 7) is 3.83. The Labute approximate surface area is 179 Å². The second kappa shape index (κ2) is 9.34. The molecule has 1 saturated carbocycles. The van der Waals surface area contributed by atoms with Crippen LogP contribution in [0, 0.1) is 5.41 Å². The van der Waals surface area contributed by atoms with E-state index in [4.69, 9.17) is 14.2 Å². The van der Waals surface area contributed by atoms with Crippen LogP contribution >= 0.6 is 0 Å². The van der Waals surface area contributed by atoms with Crippen LogP contribution in [-0.2, 0) is 9.59 Å². The number of hydrogen-bond acceptors (Lipinski definition) is 6. The Balaban J connectivity index is 1.70. The lowest BCUT2D eigenvalue weighted by molar-refractivity contribution is -0.148. The van der Waals surface area contributed by atoms with Crippen LogP contribution in [0.25, 0.3) is 10.9 Å². The summed E-state index contributed by atoms with van der Waals surface area (Å²) in [6.07, 6.45) is 8.77. The predicted octanol–water partition coefficient (Wildman–Crippen LogP) is 3.24. The summed E-state index contributed by atoms with van der Waals surface area (Å²) < 4.78 is 16.5. The van der Waals surface area contributed by atoms with Gasteiger partial charge in [-0.2, -0.15) is 0 Å². The molecule has 1 amide bonds. The number of carbonyl (C=O) groups is 2. The highest BCUT2D eigenvalue weighted by molar-refractivity contribution is 6.05. The highest BCUT2D eigenvalue weighted by atomic mass is 16.5. The van der Waals surface area contributed by atoms with E-state index in [2.05, 4.69) is 16.9 Å². The van der Waals surface area contributed by atoms with Gasteiger partial charge in [-0.15, -0.1) is 0 Å². The summed E-state index contributed by atoms with van der Waals surface area (Å²) in [4.78, 5) is 28.0. The number of amides is 1. The van der Waals surface area contributed by atoms with Crippen LogP contribution in [0.5, 0.6) is 17.2 Å². The number of aromatic nitrogens is 1. The first kappa shape index (κ1) is 21.9. The largest absolute Gasteiger partial charge is 0.493 e. The summed E-state index contributed by atoms with van der Waals surface area (Å²) in [5, 5.41) is 12.7. The SMILES string of the molecule is C=C/C=C(\C=C/COc1ccnc2cc(OC)c(OC)cc12)NC(=O)C1(C(=O)O)CC1. The zero-order chi connectivity index (χ0) is 22.4. The standard InChI is InChI=1S/C23H24N2O6/c1-4-6-15(25-21(26)23(9-10-23)22(27)28)7-5-12-31-18-8-11-24-17-14-20(30-3)19(29-2)13-16(17)18/h4-8,11,13-14H,1,9-10,12H2,2-3H3,(H,25,26)(H,27,28)/b7-5-,15-6+. The number of fused-ring (bicyclic) bond motifs is 1. The van der Waals surface area contributed by atoms with Crippen LogP contribution in [0.15, 0.2) is 61.0 Å². The number of allylic oxidation sites excluding steroid dienone is 3. The zero-order valence-corrected chi connectivity index (χ0v) is 17.4. The van der Waals surface area contributed by atoms with Gasteiger partial charge in [0.2, 0.25) is 5.91 Å². The molecule has 0 radical (unpaired) electrons. The zero-order valence-electron chi connectivity index (χ0n) is 17.4. The monoisotopic (exact) mass is 424 g/mol. The minimum Gasteiger partial charge on any atom is -0.493 e. The minimum absolute atomic E-state index is 0.210. The Hall–Kier alpha value is -3.81. The molecule has 0 bridgehead atoms. The van der Waals surface area contributed by atoms with E-state index in [1.165, 1.54) is 6.08 Å². The molecule has 0 unspecified atom stereocenters. The Morgan fingerprint density at radius 3 is 2.55 bits per heavy atom. The summed E-state index contributed by atoms with van der Waals surface area (Å²) in [5.74, 6) is 0.113. The van der Waals surface area contributed by atoms with Crippen LogP contribution < -0.4 is 19.5 Å². The molecule has 1 heterocycles. The second-order valence-electron chi connectivity index (χ2n) is 6.95. The Kier molecular flexibility index (Phi) is 6.59. The molecule has 0 spiro atoms. The summed E-state index contributed by atoms with van der Waals surface area (Å²) in [7, 11) is 3.12. The number of hydrogen-bond donors (Lipinski definition) is 2. The number of methoxy groups -OCH3 is 2. The van der Waals surface area contributed by atoms with Crippen LogP contribution in [0.3, 0.4) is 0 Å². The number of benzene rings is 1. The molecule has 162 valence electrons. The fourth-order valence-corrected chi connectivity index (χ4v) is 3.07. The highest BCUT2D eigenvalue weighted by Gasteiger charge is 2.57. The van der Waals surface area contributed by atoms with E-state index in [0.717, 1.165) is 5.39 Å². The van der Waals surface area contributed by atoms with Gasteiger partial charge in [0.05, 0.1) is 19.7 Å². The third-order valence-electron chi connectivity index (χ3n) is 4.99. The molecule has 2 aromatic rings. The van der Waals surface area contributed by atoms with Crippen LogP contribution in [0.2, 0.25) is 0 Å². The van der Waals surface area contributed by atoms with E-state index in [1.807, 2.05) is 0 Å².